The minimum atomic E-state index is 0.529. The van der Waals surface area contributed by atoms with Crippen molar-refractivity contribution in [2.75, 3.05) is 12.4 Å². The molecule has 0 aliphatic carbocycles. The van der Waals surface area contributed by atoms with Gasteiger partial charge in [0.2, 0.25) is 5.16 Å². The first-order valence-electron chi connectivity index (χ1n) is 6.73. The predicted molar refractivity (Wildman–Crippen MR) is 80.1 cm³/mol. The van der Waals surface area contributed by atoms with Crippen molar-refractivity contribution in [2.24, 2.45) is 5.92 Å². The van der Waals surface area contributed by atoms with Crippen molar-refractivity contribution in [1.29, 1.82) is 0 Å². The molecule has 1 heterocycles. The highest BCUT2D eigenvalue weighted by atomic mass is 32.2. The second-order valence-electron chi connectivity index (χ2n) is 5.05. The molecule has 0 aliphatic rings. The molecule has 0 amide bonds. The van der Waals surface area contributed by atoms with Crippen molar-refractivity contribution in [3.05, 3.63) is 29.8 Å². The van der Waals surface area contributed by atoms with Gasteiger partial charge in [-0.05, 0) is 41.0 Å². The zero-order chi connectivity index (χ0) is 14.4. The Morgan fingerprint density at radius 1 is 1.35 bits per heavy atom. The van der Waals surface area contributed by atoms with Crippen LogP contribution in [0.4, 0.5) is 0 Å². The van der Waals surface area contributed by atoms with E-state index < -0.39 is 0 Å². The van der Waals surface area contributed by atoms with E-state index in [-0.39, 0.29) is 0 Å². The molecule has 2 aromatic rings. The Bertz CT molecular complexity index is 541. The van der Waals surface area contributed by atoms with Crippen LogP contribution in [0.5, 0.6) is 5.75 Å². The van der Waals surface area contributed by atoms with Gasteiger partial charge in [0.25, 0.3) is 0 Å². The zero-order valence-electron chi connectivity index (χ0n) is 12.1. The molecule has 108 valence electrons. The summed E-state index contributed by atoms with van der Waals surface area (Å²) in [6, 6.07) is 8.07. The van der Waals surface area contributed by atoms with Crippen molar-refractivity contribution in [1.82, 2.24) is 20.2 Å². The minimum Gasteiger partial charge on any atom is -0.493 e. The van der Waals surface area contributed by atoms with Crippen molar-refractivity contribution in [2.45, 2.75) is 32.5 Å². The van der Waals surface area contributed by atoms with E-state index in [0.717, 1.165) is 23.2 Å². The Labute approximate surface area is 123 Å². The van der Waals surface area contributed by atoms with Crippen molar-refractivity contribution in [3.63, 3.8) is 0 Å². The van der Waals surface area contributed by atoms with Gasteiger partial charge in [0.05, 0.1) is 6.61 Å². The van der Waals surface area contributed by atoms with Crippen LogP contribution in [0.1, 0.15) is 19.4 Å². The summed E-state index contributed by atoms with van der Waals surface area (Å²) in [6.45, 7) is 7.84. The van der Waals surface area contributed by atoms with Crippen molar-refractivity contribution >= 4 is 11.8 Å². The number of ether oxygens (including phenoxy) is 1. The van der Waals surface area contributed by atoms with Crippen LogP contribution in [0.15, 0.2) is 29.4 Å². The summed E-state index contributed by atoms with van der Waals surface area (Å²) in [5, 5.41) is 12.6. The molecular formula is C14H20N4OS. The molecule has 1 aromatic carbocycles. The standard InChI is InChI=1S/C14H20N4OS/c1-11(2)10-18-14(15-16-17-18)20-8-7-19-13-6-4-5-12(3)9-13/h4-6,9,11H,7-8,10H2,1-3H3. The van der Waals surface area contributed by atoms with E-state index in [1.54, 1.807) is 11.8 Å². The van der Waals surface area contributed by atoms with Crippen LogP contribution in [0.3, 0.4) is 0 Å². The summed E-state index contributed by atoms with van der Waals surface area (Å²) in [6.07, 6.45) is 0. The number of benzene rings is 1. The van der Waals surface area contributed by atoms with E-state index in [1.807, 2.05) is 22.9 Å². The van der Waals surface area contributed by atoms with Gasteiger partial charge in [-0.3, -0.25) is 0 Å². The van der Waals surface area contributed by atoms with E-state index in [9.17, 15) is 0 Å². The number of hydrogen-bond acceptors (Lipinski definition) is 5. The summed E-state index contributed by atoms with van der Waals surface area (Å²) in [4.78, 5) is 0. The fraction of sp³-hybridized carbons (Fsp3) is 0.500. The average molecular weight is 292 g/mol. The fourth-order valence-corrected chi connectivity index (χ4v) is 2.46. The molecule has 1 aromatic heterocycles. The van der Waals surface area contributed by atoms with Crippen molar-refractivity contribution < 1.29 is 4.74 Å². The van der Waals surface area contributed by atoms with E-state index >= 15 is 0 Å². The van der Waals surface area contributed by atoms with Gasteiger partial charge in [-0.1, -0.05) is 37.7 Å². The molecule has 20 heavy (non-hydrogen) atoms. The largest absolute Gasteiger partial charge is 0.493 e. The zero-order valence-corrected chi connectivity index (χ0v) is 12.9. The van der Waals surface area contributed by atoms with E-state index in [4.69, 9.17) is 4.74 Å². The first kappa shape index (κ1) is 14.8. The number of aryl methyl sites for hydroxylation is 1. The molecule has 0 aliphatic heterocycles. The van der Waals surface area contributed by atoms with E-state index in [1.165, 1.54) is 5.56 Å². The Morgan fingerprint density at radius 3 is 2.95 bits per heavy atom. The smallest absolute Gasteiger partial charge is 0.209 e. The van der Waals surface area contributed by atoms with Gasteiger partial charge in [-0.25, -0.2) is 4.68 Å². The minimum absolute atomic E-state index is 0.529. The number of tetrazole rings is 1. The second-order valence-corrected chi connectivity index (χ2v) is 6.11. The molecule has 0 atom stereocenters. The third kappa shape index (κ3) is 4.52. The molecule has 0 saturated heterocycles. The molecule has 0 unspecified atom stereocenters. The molecule has 5 nitrogen and oxygen atoms in total. The topological polar surface area (TPSA) is 52.8 Å². The molecule has 0 radical (unpaired) electrons. The van der Waals surface area contributed by atoms with Gasteiger partial charge in [0, 0.05) is 12.3 Å². The summed E-state index contributed by atoms with van der Waals surface area (Å²) >= 11 is 1.62. The van der Waals surface area contributed by atoms with Crippen LogP contribution >= 0.6 is 11.8 Å². The van der Waals surface area contributed by atoms with E-state index in [2.05, 4.69) is 42.4 Å². The van der Waals surface area contributed by atoms with Gasteiger partial charge < -0.3 is 4.74 Å². The predicted octanol–water partition coefficient (Wildman–Crippen LogP) is 2.81. The fourth-order valence-electron chi connectivity index (χ4n) is 1.76. The third-order valence-corrected chi connectivity index (χ3v) is 3.53. The quantitative estimate of drug-likeness (QED) is 0.580. The molecular weight excluding hydrogens is 272 g/mol. The average Bonchev–Trinajstić information content (AvgIpc) is 2.81. The highest BCUT2D eigenvalue weighted by Gasteiger charge is 2.08. The summed E-state index contributed by atoms with van der Waals surface area (Å²) in [7, 11) is 0. The molecule has 0 bridgehead atoms. The summed E-state index contributed by atoms with van der Waals surface area (Å²) in [5.41, 5.74) is 1.20. The van der Waals surface area contributed by atoms with Gasteiger partial charge >= 0.3 is 0 Å². The lowest BCUT2D eigenvalue weighted by Crippen LogP contribution is -2.08. The number of thioether (sulfide) groups is 1. The SMILES string of the molecule is Cc1cccc(OCCSc2nnnn2CC(C)C)c1. The molecule has 2 rings (SSSR count). The highest BCUT2D eigenvalue weighted by Crippen LogP contribution is 2.16. The van der Waals surface area contributed by atoms with Gasteiger partial charge in [0.15, 0.2) is 0 Å². The van der Waals surface area contributed by atoms with Crippen LogP contribution in [0, 0.1) is 12.8 Å². The Balaban J connectivity index is 1.77. The number of hydrogen-bond donors (Lipinski definition) is 0. The van der Waals surface area contributed by atoms with Gasteiger partial charge in [-0.15, -0.1) is 5.10 Å². The van der Waals surface area contributed by atoms with Gasteiger partial charge in [0.1, 0.15) is 5.75 Å². The maximum absolute atomic E-state index is 5.71. The van der Waals surface area contributed by atoms with Crippen LogP contribution in [-0.2, 0) is 6.54 Å². The lowest BCUT2D eigenvalue weighted by Gasteiger charge is -2.08. The molecule has 0 spiro atoms. The first-order chi connectivity index (χ1) is 9.65. The number of aromatic nitrogens is 4. The van der Waals surface area contributed by atoms with Crippen LogP contribution in [-0.4, -0.2) is 32.6 Å². The highest BCUT2D eigenvalue weighted by molar-refractivity contribution is 7.99. The van der Waals surface area contributed by atoms with Crippen molar-refractivity contribution in [3.8, 4) is 5.75 Å². The van der Waals surface area contributed by atoms with Crippen LogP contribution in [0.25, 0.3) is 0 Å². The lowest BCUT2D eigenvalue weighted by molar-refractivity contribution is 0.343. The molecule has 0 N–H and O–H groups in total. The van der Waals surface area contributed by atoms with E-state index in [0.29, 0.717) is 12.5 Å². The normalized spacial score (nSPS) is 11.0. The van der Waals surface area contributed by atoms with Crippen LogP contribution in [0.2, 0.25) is 0 Å². The molecule has 6 heteroatoms. The summed E-state index contributed by atoms with van der Waals surface area (Å²) in [5.74, 6) is 2.26. The van der Waals surface area contributed by atoms with Crippen LogP contribution < -0.4 is 4.74 Å². The molecule has 0 fully saturated rings. The maximum atomic E-state index is 5.71. The Morgan fingerprint density at radius 2 is 2.20 bits per heavy atom. The molecule has 0 saturated carbocycles. The Kier molecular flexibility index (Phi) is 5.40. The monoisotopic (exact) mass is 292 g/mol. The maximum Gasteiger partial charge on any atom is 0.209 e. The number of nitrogens with zero attached hydrogens (tertiary/aromatic N) is 4. The Hall–Kier alpha value is -1.56. The second kappa shape index (κ2) is 7.28. The van der Waals surface area contributed by atoms with Gasteiger partial charge in [-0.2, -0.15) is 0 Å². The number of rotatable bonds is 7. The third-order valence-electron chi connectivity index (χ3n) is 2.61. The lowest BCUT2D eigenvalue weighted by atomic mass is 10.2. The first-order valence-corrected chi connectivity index (χ1v) is 7.72. The summed E-state index contributed by atoms with van der Waals surface area (Å²) < 4.78 is 7.56.